The fraction of sp³-hybridized carbons (Fsp3) is 0.750. The highest BCUT2D eigenvalue weighted by atomic mass is 32.1. The molecule has 6 heteroatoms. The molecule has 3 heterocycles. The van der Waals surface area contributed by atoms with E-state index < -0.39 is 0 Å². The lowest BCUT2D eigenvalue weighted by molar-refractivity contribution is 0.270. The highest BCUT2D eigenvalue weighted by molar-refractivity contribution is 7.13. The molecule has 2 saturated heterocycles. The van der Waals surface area contributed by atoms with Crippen LogP contribution in [0.3, 0.4) is 0 Å². The lowest BCUT2D eigenvalue weighted by Crippen LogP contribution is -2.43. The monoisotopic (exact) mass is 321 g/mol. The van der Waals surface area contributed by atoms with Crippen molar-refractivity contribution >= 4 is 22.4 Å². The number of hydrogen-bond donors (Lipinski definition) is 1. The Bertz CT molecular complexity index is 506. The molecule has 0 bridgehead atoms. The Hall–Kier alpha value is -1.30. The lowest BCUT2D eigenvalue weighted by Gasteiger charge is -2.31. The Morgan fingerprint density at radius 2 is 2.18 bits per heavy atom. The predicted octanol–water partition coefficient (Wildman–Crippen LogP) is 2.33. The van der Waals surface area contributed by atoms with Crippen molar-refractivity contribution < 1.29 is 0 Å². The molecular formula is C16H27N5S. The van der Waals surface area contributed by atoms with Crippen LogP contribution < -0.4 is 10.6 Å². The number of rotatable bonds is 4. The lowest BCUT2D eigenvalue weighted by atomic mass is 10.0. The molecule has 1 atom stereocenters. The summed E-state index contributed by atoms with van der Waals surface area (Å²) in [7, 11) is 0. The van der Waals surface area contributed by atoms with Gasteiger partial charge >= 0.3 is 0 Å². The average Bonchev–Trinajstić information content (AvgIpc) is 3.18. The number of aliphatic imine (C=N–C) groups is 1. The topological polar surface area (TPSA) is 57.8 Å². The summed E-state index contributed by atoms with van der Waals surface area (Å²) in [6.45, 7) is 7.44. The Balaban J connectivity index is 1.48. The van der Waals surface area contributed by atoms with Crippen molar-refractivity contribution in [1.29, 1.82) is 0 Å². The van der Waals surface area contributed by atoms with Crippen molar-refractivity contribution in [3.05, 3.63) is 11.1 Å². The van der Waals surface area contributed by atoms with E-state index in [1.165, 1.54) is 30.8 Å². The van der Waals surface area contributed by atoms with E-state index >= 15 is 0 Å². The molecule has 1 aromatic rings. The predicted molar refractivity (Wildman–Crippen MR) is 93.7 cm³/mol. The number of nitrogens with zero attached hydrogens (tertiary/aromatic N) is 4. The normalized spacial score (nSPS) is 23.3. The van der Waals surface area contributed by atoms with Crippen LogP contribution in [0.1, 0.15) is 38.3 Å². The van der Waals surface area contributed by atoms with Gasteiger partial charge in [0.1, 0.15) is 0 Å². The molecule has 1 unspecified atom stereocenters. The summed E-state index contributed by atoms with van der Waals surface area (Å²) in [5.41, 5.74) is 7.28. The summed E-state index contributed by atoms with van der Waals surface area (Å²) in [6, 6.07) is 0. The minimum absolute atomic E-state index is 0.710. The summed E-state index contributed by atoms with van der Waals surface area (Å²) < 4.78 is 0. The van der Waals surface area contributed by atoms with Crippen LogP contribution in [0, 0.1) is 5.92 Å². The van der Waals surface area contributed by atoms with E-state index in [1.807, 2.05) is 0 Å². The smallest absolute Gasteiger partial charge is 0.191 e. The highest BCUT2D eigenvalue weighted by Crippen LogP contribution is 2.24. The molecule has 2 N–H and O–H groups in total. The first-order valence-electron chi connectivity index (χ1n) is 8.46. The van der Waals surface area contributed by atoms with Gasteiger partial charge in [0.05, 0.1) is 5.69 Å². The summed E-state index contributed by atoms with van der Waals surface area (Å²) in [5, 5.41) is 3.34. The fourth-order valence-corrected chi connectivity index (χ4v) is 4.16. The number of hydrogen-bond acceptors (Lipinski definition) is 4. The third-order valence-electron chi connectivity index (χ3n) is 4.54. The number of likely N-dealkylation sites (tertiary alicyclic amines) is 1. The number of guanidine groups is 1. The van der Waals surface area contributed by atoms with Crippen LogP contribution in [-0.2, 0) is 6.42 Å². The molecule has 0 aromatic carbocycles. The molecule has 0 aliphatic carbocycles. The molecule has 3 rings (SSSR count). The summed E-state index contributed by atoms with van der Waals surface area (Å²) >= 11 is 1.76. The maximum atomic E-state index is 6.13. The van der Waals surface area contributed by atoms with E-state index in [2.05, 4.69) is 27.1 Å². The molecule has 0 radical (unpaired) electrons. The van der Waals surface area contributed by atoms with Crippen LogP contribution in [0.2, 0.25) is 0 Å². The number of anilines is 1. The second kappa shape index (κ2) is 7.31. The van der Waals surface area contributed by atoms with Gasteiger partial charge in [0.15, 0.2) is 11.1 Å². The van der Waals surface area contributed by atoms with Gasteiger partial charge in [0.25, 0.3) is 0 Å². The van der Waals surface area contributed by atoms with E-state index in [4.69, 9.17) is 10.7 Å². The molecule has 2 fully saturated rings. The standard InChI is InChI=1S/C16H27N5S/c1-13-5-4-10-21(11-13)15(17)18-7-6-14-12-22-16(19-14)20-8-2-3-9-20/h12-13H,2-11H2,1H3,(H2,17,18). The van der Waals surface area contributed by atoms with Crippen molar-refractivity contribution in [2.24, 2.45) is 16.6 Å². The number of aromatic nitrogens is 1. The third-order valence-corrected chi connectivity index (χ3v) is 5.49. The molecule has 0 spiro atoms. The molecule has 0 saturated carbocycles. The molecule has 122 valence electrons. The fourth-order valence-electron chi connectivity index (χ4n) is 3.25. The van der Waals surface area contributed by atoms with Gasteiger partial charge in [-0.25, -0.2) is 4.98 Å². The van der Waals surface area contributed by atoms with Crippen molar-refractivity contribution in [1.82, 2.24) is 9.88 Å². The van der Waals surface area contributed by atoms with Crippen molar-refractivity contribution in [2.45, 2.75) is 39.0 Å². The van der Waals surface area contributed by atoms with E-state index in [0.717, 1.165) is 50.8 Å². The zero-order valence-corrected chi connectivity index (χ0v) is 14.3. The van der Waals surface area contributed by atoms with E-state index in [-0.39, 0.29) is 0 Å². The molecule has 22 heavy (non-hydrogen) atoms. The van der Waals surface area contributed by atoms with Crippen LogP contribution in [0.25, 0.3) is 0 Å². The van der Waals surface area contributed by atoms with Crippen molar-refractivity contribution in [3.63, 3.8) is 0 Å². The quantitative estimate of drug-likeness (QED) is 0.683. The largest absolute Gasteiger partial charge is 0.370 e. The second-order valence-corrected chi connectivity index (χ2v) is 7.34. The highest BCUT2D eigenvalue weighted by Gasteiger charge is 2.18. The Labute approximate surface area is 137 Å². The van der Waals surface area contributed by atoms with Gasteiger partial charge in [-0.15, -0.1) is 11.3 Å². The van der Waals surface area contributed by atoms with E-state index in [1.54, 1.807) is 11.3 Å². The minimum Gasteiger partial charge on any atom is -0.370 e. The molecular weight excluding hydrogens is 294 g/mol. The minimum atomic E-state index is 0.710. The van der Waals surface area contributed by atoms with Gasteiger partial charge in [-0.05, 0) is 31.6 Å². The SMILES string of the molecule is CC1CCCN(C(N)=NCCc2csc(N3CCCC3)n2)C1. The zero-order chi connectivity index (χ0) is 15.4. The maximum absolute atomic E-state index is 6.13. The van der Waals surface area contributed by atoms with Crippen LogP contribution in [0.4, 0.5) is 5.13 Å². The first-order chi connectivity index (χ1) is 10.7. The van der Waals surface area contributed by atoms with Gasteiger partial charge in [0, 0.05) is 44.5 Å². The molecule has 5 nitrogen and oxygen atoms in total. The summed E-state index contributed by atoms with van der Waals surface area (Å²) in [5.74, 6) is 1.44. The number of thiazole rings is 1. The third kappa shape index (κ3) is 3.91. The second-order valence-electron chi connectivity index (χ2n) is 6.50. The molecule has 2 aliphatic rings. The molecule has 0 amide bonds. The van der Waals surface area contributed by atoms with Gasteiger partial charge in [-0.2, -0.15) is 0 Å². The maximum Gasteiger partial charge on any atom is 0.191 e. The van der Waals surface area contributed by atoms with Crippen molar-refractivity contribution in [2.75, 3.05) is 37.6 Å². The van der Waals surface area contributed by atoms with Crippen molar-refractivity contribution in [3.8, 4) is 0 Å². The van der Waals surface area contributed by atoms with Gasteiger partial charge in [-0.3, -0.25) is 4.99 Å². The average molecular weight is 321 g/mol. The zero-order valence-electron chi connectivity index (χ0n) is 13.5. The number of nitrogens with two attached hydrogens (primary N) is 1. The van der Waals surface area contributed by atoms with E-state index in [0.29, 0.717) is 5.96 Å². The van der Waals surface area contributed by atoms with Crippen LogP contribution in [0.15, 0.2) is 10.4 Å². The first-order valence-corrected chi connectivity index (χ1v) is 9.34. The van der Waals surface area contributed by atoms with E-state index in [9.17, 15) is 0 Å². The van der Waals surface area contributed by atoms with Gasteiger partial charge < -0.3 is 15.5 Å². The van der Waals surface area contributed by atoms with Gasteiger partial charge in [0.2, 0.25) is 0 Å². The Morgan fingerprint density at radius 3 is 2.95 bits per heavy atom. The van der Waals surface area contributed by atoms with Crippen LogP contribution in [0.5, 0.6) is 0 Å². The Kier molecular flexibility index (Phi) is 5.18. The van der Waals surface area contributed by atoms with Crippen LogP contribution >= 0.6 is 11.3 Å². The Morgan fingerprint density at radius 1 is 1.36 bits per heavy atom. The number of piperidine rings is 1. The first kappa shape index (κ1) is 15.6. The summed E-state index contributed by atoms with van der Waals surface area (Å²) in [6.07, 6.45) is 6.01. The summed E-state index contributed by atoms with van der Waals surface area (Å²) in [4.78, 5) is 13.9. The van der Waals surface area contributed by atoms with Gasteiger partial charge in [-0.1, -0.05) is 6.92 Å². The van der Waals surface area contributed by atoms with Crippen LogP contribution in [-0.4, -0.2) is 48.6 Å². The molecule has 2 aliphatic heterocycles. The molecule has 1 aromatic heterocycles.